The van der Waals surface area contributed by atoms with E-state index < -0.39 is 23.5 Å². The molecule has 1 aromatic heterocycles. The summed E-state index contributed by atoms with van der Waals surface area (Å²) in [6.07, 6.45) is -4.07. The van der Waals surface area contributed by atoms with Crippen molar-refractivity contribution >= 4 is 17.6 Å². The highest BCUT2D eigenvalue weighted by molar-refractivity contribution is 6.32. The SMILES string of the molecule is O=C(O)c1ncn(-c2ccccc2Cl)c1C(F)(F)F. The molecule has 19 heavy (non-hydrogen) atoms. The molecular formula is C11H6ClF3N2O2. The molecule has 1 N–H and O–H groups in total. The van der Waals surface area contributed by atoms with Gasteiger partial charge in [0.25, 0.3) is 0 Å². The molecule has 0 saturated carbocycles. The minimum Gasteiger partial charge on any atom is -0.476 e. The lowest BCUT2D eigenvalue weighted by Crippen LogP contribution is -2.17. The Labute approximate surface area is 110 Å². The first-order chi connectivity index (χ1) is 8.82. The van der Waals surface area contributed by atoms with Crippen LogP contribution in [-0.4, -0.2) is 20.6 Å². The van der Waals surface area contributed by atoms with Gasteiger partial charge in [-0.2, -0.15) is 13.2 Å². The van der Waals surface area contributed by atoms with E-state index in [0.29, 0.717) is 4.57 Å². The van der Waals surface area contributed by atoms with Crippen LogP contribution >= 0.6 is 11.6 Å². The number of para-hydroxylation sites is 1. The predicted molar refractivity (Wildman–Crippen MR) is 60.5 cm³/mol. The summed E-state index contributed by atoms with van der Waals surface area (Å²) in [5, 5.41) is 8.81. The van der Waals surface area contributed by atoms with Crippen LogP contribution in [0, 0.1) is 0 Å². The van der Waals surface area contributed by atoms with Gasteiger partial charge in [-0.1, -0.05) is 23.7 Å². The highest BCUT2D eigenvalue weighted by Crippen LogP contribution is 2.34. The van der Waals surface area contributed by atoms with E-state index in [4.69, 9.17) is 16.7 Å². The number of rotatable bonds is 2. The lowest BCUT2D eigenvalue weighted by atomic mass is 10.2. The molecule has 0 spiro atoms. The van der Waals surface area contributed by atoms with Crippen molar-refractivity contribution in [3.8, 4) is 5.69 Å². The number of hydrogen-bond donors (Lipinski definition) is 1. The third-order valence-electron chi connectivity index (χ3n) is 2.35. The van der Waals surface area contributed by atoms with E-state index in [1.807, 2.05) is 0 Å². The van der Waals surface area contributed by atoms with E-state index in [1.54, 1.807) is 6.07 Å². The lowest BCUT2D eigenvalue weighted by Gasteiger charge is -2.12. The molecule has 1 aromatic carbocycles. The van der Waals surface area contributed by atoms with Gasteiger partial charge in [-0.25, -0.2) is 9.78 Å². The van der Waals surface area contributed by atoms with Gasteiger partial charge >= 0.3 is 12.1 Å². The standard InChI is InChI=1S/C11H6ClF3N2O2/c12-6-3-1-2-4-7(6)17-5-16-8(10(18)19)9(17)11(13,14)15/h1-5H,(H,18,19). The highest BCUT2D eigenvalue weighted by atomic mass is 35.5. The van der Waals surface area contributed by atoms with Gasteiger partial charge < -0.3 is 5.11 Å². The second kappa shape index (κ2) is 4.58. The summed E-state index contributed by atoms with van der Waals surface area (Å²) in [6.45, 7) is 0. The Bertz CT molecular complexity index is 637. The third-order valence-corrected chi connectivity index (χ3v) is 2.67. The number of benzene rings is 1. The van der Waals surface area contributed by atoms with Gasteiger partial charge in [-0.15, -0.1) is 0 Å². The number of aromatic nitrogens is 2. The first-order valence-corrected chi connectivity index (χ1v) is 5.33. The summed E-state index contributed by atoms with van der Waals surface area (Å²) < 4.78 is 39.5. The van der Waals surface area contributed by atoms with E-state index in [1.165, 1.54) is 18.2 Å². The topological polar surface area (TPSA) is 55.1 Å². The smallest absolute Gasteiger partial charge is 0.434 e. The number of hydrogen-bond acceptors (Lipinski definition) is 2. The number of carboxylic acids is 1. The first kappa shape index (κ1) is 13.4. The van der Waals surface area contributed by atoms with Crippen molar-refractivity contribution in [1.29, 1.82) is 0 Å². The summed E-state index contributed by atoms with van der Waals surface area (Å²) in [5.74, 6) is -1.75. The van der Waals surface area contributed by atoms with Crippen LogP contribution in [0.3, 0.4) is 0 Å². The summed E-state index contributed by atoms with van der Waals surface area (Å²) >= 11 is 5.81. The van der Waals surface area contributed by atoms with E-state index >= 15 is 0 Å². The van der Waals surface area contributed by atoms with Gasteiger partial charge in [-0.05, 0) is 12.1 Å². The molecule has 2 rings (SSSR count). The minimum absolute atomic E-state index is 0.0106. The van der Waals surface area contributed by atoms with Crippen molar-refractivity contribution < 1.29 is 23.1 Å². The van der Waals surface area contributed by atoms with Gasteiger partial charge in [0.05, 0.1) is 10.7 Å². The van der Waals surface area contributed by atoms with Crippen molar-refractivity contribution in [3.05, 3.63) is 47.0 Å². The molecule has 0 atom stereocenters. The Morgan fingerprint density at radius 3 is 2.47 bits per heavy atom. The van der Waals surface area contributed by atoms with Crippen molar-refractivity contribution in [1.82, 2.24) is 9.55 Å². The van der Waals surface area contributed by atoms with Crippen LogP contribution in [0.15, 0.2) is 30.6 Å². The second-order valence-electron chi connectivity index (χ2n) is 3.57. The number of aromatic carboxylic acids is 1. The molecule has 2 aromatic rings. The van der Waals surface area contributed by atoms with Crippen molar-refractivity contribution in [2.45, 2.75) is 6.18 Å². The normalized spacial score (nSPS) is 11.6. The molecule has 0 amide bonds. The van der Waals surface area contributed by atoms with Crippen LogP contribution in [-0.2, 0) is 6.18 Å². The quantitative estimate of drug-likeness (QED) is 0.924. The van der Waals surface area contributed by atoms with Gasteiger partial charge in [0, 0.05) is 0 Å². The molecule has 0 saturated heterocycles. The fraction of sp³-hybridized carbons (Fsp3) is 0.0909. The minimum atomic E-state index is -4.86. The monoisotopic (exact) mass is 290 g/mol. The molecule has 0 bridgehead atoms. The predicted octanol–water partition coefficient (Wildman–Crippen LogP) is 3.24. The largest absolute Gasteiger partial charge is 0.476 e. The summed E-state index contributed by atoms with van der Waals surface area (Å²) in [6, 6.07) is 5.78. The van der Waals surface area contributed by atoms with Crippen molar-refractivity contribution in [2.75, 3.05) is 0 Å². The van der Waals surface area contributed by atoms with E-state index in [2.05, 4.69) is 4.98 Å². The van der Waals surface area contributed by atoms with Gasteiger partial charge in [0.1, 0.15) is 6.33 Å². The zero-order chi connectivity index (χ0) is 14.2. The van der Waals surface area contributed by atoms with Crippen LogP contribution in [0.1, 0.15) is 16.2 Å². The Morgan fingerprint density at radius 2 is 1.95 bits per heavy atom. The van der Waals surface area contributed by atoms with Crippen molar-refractivity contribution in [2.24, 2.45) is 0 Å². The van der Waals surface area contributed by atoms with E-state index in [-0.39, 0.29) is 10.7 Å². The molecular weight excluding hydrogens is 285 g/mol. The molecule has 0 radical (unpaired) electrons. The van der Waals surface area contributed by atoms with Gasteiger partial charge in [-0.3, -0.25) is 4.57 Å². The molecule has 0 aliphatic carbocycles. The number of nitrogens with zero attached hydrogens (tertiary/aromatic N) is 2. The Balaban J connectivity index is 2.73. The molecule has 0 aliphatic heterocycles. The molecule has 0 aliphatic rings. The zero-order valence-corrected chi connectivity index (χ0v) is 9.90. The fourth-order valence-electron chi connectivity index (χ4n) is 1.61. The average molecular weight is 291 g/mol. The van der Waals surface area contributed by atoms with Crippen LogP contribution < -0.4 is 0 Å². The van der Waals surface area contributed by atoms with Gasteiger partial charge in [0.2, 0.25) is 0 Å². The fourth-order valence-corrected chi connectivity index (χ4v) is 1.83. The maximum Gasteiger partial charge on any atom is 0.434 e. The molecule has 4 nitrogen and oxygen atoms in total. The first-order valence-electron chi connectivity index (χ1n) is 4.95. The van der Waals surface area contributed by atoms with Crippen LogP contribution in [0.5, 0.6) is 0 Å². The maximum atomic E-state index is 13.0. The number of halogens is 4. The Morgan fingerprint density at radius 1 is 1.32 bits per heavy atom. The molecule has 0 fully saturated rings. The highest BCUT2D eigenvalue weighted by Gasteiger charge is 2.41. The Hall–Kier alpha value is -2.02. The van der Waals surface area contributed by atoms with E-state index in [0.717, 1.165) is 6.33 Å². The molecule has 100 valence electrons. The van der Waals surface area contributed by atoms with Crippen LogP contribution in [0.25, 0.3) is 5.69 Å². The number of carbonyl (C=O) groups is 1. The second-order valence-corrected chi connectivity index (χ2v) is 3.97. The zero-order valence-electron chi connectivity index (χ0n) is 9.15. The van der Waals surface area contributed by atoms with Crippen LogP contribution in [0.4, 0.5) is 13.2 Å². The lowest BCUT2D eigenvalue weighted by molar-refractivity contribution is -0.142. The Kier molecular flexibility index (Phi) is 3.23. The summed E-state index contributed by atoms with van der Waals surface area (Å²) in [7, 11) is 0. The molecule has 1 heterocycles. The summed E-state index contributed by atoms with van der Waals surface area (Å²) in [4.78, 5) is 14.1. The maximum absolute atomic E-state index is 13.0. The molecule has 0 unspecified atom stereocenters. The molecule has 8 heteroatoms. The van der Waals surface area contributed by atoms with Crippen LogP contribution in [0.2, 0.25) is 5.02 Å². The van der Waals surface area contributed by atoms with Crippen molar-refractivity contribution in [3.63, 3.8) is 0 Å². The number of alkyl halides is 3. The van der Waals surface area contributed by atoms with Gasteiger partial charge in [0.15, 0.2) is 11.4 Å². The summed E-state index contributed by atoms with van der Waals surface area (Å²) in [5.41, 5.74) is -2.42. The average Bonchev–Trinajstić information content (AvgIpc) is 2.73. The number of imidazole rings is 1. The number of carboxylic acid groups (broad SMARTS) is 1. The van der Waals surface area contributed by atoms with E-state index in [9.17, 15) is 18.0 Å². The third kappa shape index (κ3) is 2.41.